The summed E-state index contributed by atoms with van der Waals surface area (Å²) in [5, 5.41) is 1.52. The van der Waals surface area contributed by atoms with Crippen LogP contribution in [0.4, 0.5) is 5.69 Å². The number of sulfone groups is 1. The first-order valence-corrected chi connectivity index (χ1v) is 11.9. The van der Waals surface area contributed by atoms with E-state index in [1.165, 1.54) is 6.92 Å². The Kier molecular flexibility index (Phi) is 6.65. The average molecular weight is 440 g/mol. The first-order chi connectivity index (χ1) is 14.6. The number of aromatic nitrogens is 2. The lowest BCUT2D eigenvalue weighted by Crippen LogP contribution is -2.34. The van der Waals surface area contributed by atoms with E-state index >= 15 is 0 Å². The molecule has 1 unspecified atom stereocenters. The van der Waals surface area contributed by atoms with Crippen molar-refractivity contribution in [3.05, 3.63) is 83.9 Å². The SMILES string of the molecule is CC(C(=O)Nc1ccc(C(C)(C)C)cc1)S(=O)(=O)Cc1nccn1Cc1ccccc1. The van der Waals surface area contributed by atoms with Gasteiger partial charge in [-0.05, 0) is 35.6 Å². The van der Waals surface area contributed by atoms with Gasteiger partial charge in [0.25, 0.3) is 0 Å². The molecule has 0 bridgehead atoms. The molecule has 0 spiro atoms. The van der Waals surface area contributed by atoms with E-state index in [-0.39, 0.29) is 11.2 Å². The van der Waals surface area contributed by atoms with E-state index in [1.807, 2.05) is 42.5 Å². The molecule has 0 aliphatic carbocycles. The summed E-state index contributed by atoms with van der Waals surface area (Å²) >= 11 is 0. The van der Waals surface area contributed by atoms with Crippen molar-refractivity contribution in [2.45, 2.75) is 50.7 Å². The maximum atomic E-state index is 12.9. The molecular weight excluding hydrogens is 410 g/mol. The van der Waals surface area contributed by atoms with Gasteiger partial charge in [0, 0.05) is 24.6 Å². The van der Waals surface area contributed by atoms with Crippen molar-refractivity contribution in [1.82, 2.24) is 9.55 Å². The number of anilines is 1. The van der Waals surface area contributed by atoms with Gasteiger partial charge in [-0.2, -0.15) is 0 Å². The van der Waals surface area contributed by atoms with E-state index < -0.39 is 21.0 Å². The smallest absolute Gasteiger partial charge is 0.242 e. The number of imidazole rings is 1. The molecule has 3 rings (SSSR count). The minimum absolute atomic E-state index is 0.000828. The number of benzene rings is 2. The predicted molar refractivity (Wildman–Crippen MR) is 124 cm³/mol. The molecule has 164 valence electrons. The van der Waals surface area contributed by atoms with Crippen LogP contribution in [-0.2, 0) is 32.3 Å². The highest BCUT2D eigenvalue weighted by molar-refractivity contribution is 7.92. The van der Waals surface area contributed by atoms with Crippen molar-refractivity contribution in [2.75, 3.05) is 5.32 Å². The summed E-state index contributed by atoms with van der Waals surface area (Å²) in [5.74, 6) is -0.438. The fourth-order valence-electron chi connectivity index (χ4n) is 3.17. The number of nitrogens with one attached hydrogen (secondary N) is 1. The third-order valence-corrected chi connectivity index (χ3v) is 7.21. The van der Waals surface area contributed by atoms with Crippen molar-refractivity contribution in [2.24, 2.45) is 0 Å². The highest BCUT2D eigenvalue weighted by Gasteiger charge is 2.30. The van der Waals surface area contributed by atoms with Crippen molar-refractivity contribution in [3.63, 3.8) is 0 Å². The largest absolute Gasteiger partial charge is 0.330 e. The number of hydrogen-bond donors (Lipinski definition) is 1. The quantitative estimate of drug-likeness (QED) is 0.599. The molecule has 2 aromatic carbocycles. The Balaban J connectivity index is 1.68. The van der Waals surface area contributed by atoms with Crippen molar-refractivity contribution in [3.8, 4) is 0 Å². The van der Waals surface area contributed by atoms with Crippen LogP contribution in [0.2, 0.25) is 0 Å². The summed E-state index contributed by atoms with van der Waals surface area (Å²) in [6.07, 6.45) is 3.33. The van der Waals surface area contributed by atoms with Gasteiger partial charge in [0.1, 0.15) is 16.8 Å². The van der Waals surface area contributed by atoms with Crippen molar-refractivity contribution in [1.29, 1.82) is 0 Å². The van der Waals surface area contributed by atoms with E-state index in [0.29, 0.717) is 18.1 Å². The molecule has 0 saturated heterocycles. The number of nitrogens with zero attached hydrogens (tertiary/aromatic N) is 2. The minimum Gasteiger partial charge on any atom is -0.330 e. The summed E-state index contributed by atoms with van der Waals surface area (Å²) in [6.45, 7) is 8.26. The molecule has 1 amide bonds. The van der Waals surface area contributed by atoms with Crippen LogP contribution in [-0.4, -0.2) is 29.1 Å². The number of carbonyl (C=O) groups is 1. The Morgan fingerprint density at radius 3 is 2.32 bits per heavy atom. The lowest BCUT2D eigenvalue weighted by molar-refractivity contribution is -0.115. The standard InChI is InChI=1S/C24H29N3O3S/c1-18(23(28)26-21-12-10-20(11-13-21)24(2,3)4)31(29,30)17-22-25-14-15-27(22)16-19-8-6-5-7-9-19/h5-15,18H,16-17H2,1-4H3,(H,26,28). The fourth-order valence-corrected chi connectivity index (χ4v) is 4.41. The Labute approximate surface area is 184 Å². The topological polar surface area (TPSA) is 81.1 Å². The molecule has 0 saturated carbocycles. The Morgan fingerprint density at radius 2 is 1.71 bits per heavy atom. The molecule has 0 aliphatic heterocycles. The van der Waals surface area contributed by atoms with Gasteiger partial charge in [-0.1, -0.05) is 63.2 Å². The second-order valence-corrected chi connectivity index (χ2v) is 11.0. The molecule has 7 heteroatoms. The van der Waals surface area contributed by atoms with E-state index in [1.54, 1.807) is 29.1 Å². The predicted octanol–water partition coefficient (Wildman–Crippen LogP) is 4.17. The lowest BCUT2D eigenvalue weighted by atomic mass is 9.87. The van der Waals surface area contributed by atoms with Gasteiger partial charge in [-0.15, -0.1) is 0 Å². The molecule has 0 fully saturated rings. The molecule has 1 atom stereocenters. The van der Waals surface area contributed by atoms with Crippen LogP contribution in [0.25, 0.3) is 0 Å². The zero-order valence-electron chi connectivity index (χ0n) is 18.4. The van der Waals surface area contributed by atoms with E-state index in [0.717, 1.165) is 11.1 Å². The second-order valence-electron chi connectivity index (χ2n) is 8.72. The number of hydrogen-bond acceptors (Lipinski definition) is 4. The third kappa shape index (κ3) is 5.82. The maximum absolute atomic E-state index is 12.9. The summed E-state index contributed by atoms with van der Waals surface area (Å²) < 4.78 is 27.6. The first-order valence-electron chi connectivity index (χ1n) is 10.2. The van der Waals surface area contributed by atoms with Gasteiger partial charge in [0.05, 0.1) is 0 Å². The van der Waals surface area contributed by atoms with Gasteiger partial charge in [-0.25, -0.2) is 13.4 Å². The van der Waals surface area contributed by atoms with Gasteiger partial charge in [0.2, 0.25) is 5.91 Å². The van der Waals surface area contributed by atoms with Crippen LogP contribution < -0.4 is 5.32 Å². The fraction of sp³-hybridized carbons (Fsp3) is 0.333. The molecule has 1 aromatic heterocycles. The van der Waals surface area contributed by atoms with Crippen LogP contribution in [0, 0.1) is 0 Å². The van der Waals surface area contributed by atoms with Gasteiger partial charge >= 0.3 is 0 Å². The summed E-state index contributed by atoms with van der Waals surface area (Å²) in [6, 6.07) is 17.2. The van der Waals surface area contributed by atoms with Crippen LogP contribution in [0.1, 0.15) is 44.6 Å². The molecule has 3 aromatic rings. The molecule has 0 aliphatic rings. The van der Waals surface area contributed by atoms with E-state index in [4.69, 9.17) is 0 Å². The zero-order chi connectivity index (χ0) is 22.6. The van der Waals surface area contributed by atoms with Gasteiger partial charge < -0.3 is 9.88 Å². The Morgan fingerprint density at radius 1 is 1.06 bits per heavy atom. The third-order valence-electron chi connectivity index (χ3n) is 5.25. The minimum atomic E-state index is -3.74. The lowest BCUT2D eigenvalue weighted by Gasteiger charge is -2.19. The normalized spacial score (nSPS) is 13.0. The molecule has 1 N–H and O–H groups in total. The van der Waals surface area contributed by atoms with E-state index in [9.17, 15) is 13.2 Å². The van der Waals surface area contributed by atoms with Gasteiger partial charge in [0.15, 0.2) is 9.84 Å². The van der Waals surface area contributed by atoms with Crippen molar-refractivity contribution >= 4 is 21.4 Å². The average Bonchev–Trinajstić information content (AvgIpc) is 3.13. The van der Waals surface area contributed by atoms with Crippen LogP contribution in [0.5, 0.6) is 0 Å². The number of carbonyl (C=O) groups excluding carboxylic acids is 1. The Bertz CT molecular complexity index is 1130. The van der Waals surface area contributed by atoms with Gasteiger partial charge in [-0.3, -0.25) is 4.79 Å². The zero-order valence-corrected chi connectivity index (χ0v) is 19.2. The molecule has 31 heavy (non-hydrogen) atoms. The first kappa shape index (κ1) is 22.7. The monoisotopic (exact) mass is 439 g/mol. The highest BCUT2D eigenvalue weighted by Crippen LogP contribution is 2.24. The molecule has 0 radical (unpaired) electrons. The molecule has 6 nitrogen and oxygen atoms in total. The van der Waals surface area contributed by atoms with Crippen LogP contribution >= 0.6 is 0 Å². The van der Waals surface area contributed by atoms with E-state index in [2.05, 4.69) is 31.1 Å². The maximum Gasteiger partial charge on any atom is 0.242 e. The summed E-state index contributed by atoms with van der Waals surface area (Å²) in [5.41, 5.74) is 2.76. The Hall–Kier alpha value is -2.93. The number of rotatable bonds is 7. The number of amides is 1. The second kappa shape index (κ2) is 9.06. The molecular formula is C24H29N3O3S. The van der Waals surface area contributed by atoms with Crippen LogP contribution in [0.15, 0.2) is 67.0 Å². The highest BCUT2D eigenvalue weighted by atomic mass is 32.2. The summed E-state index contributed by atoms with van der Waals surface area (Å²) in [7, 11) is -3.74. The summed E-state index contributed by atoms with van der Waals surface area (Å²) in [4.78, 5) is 16.8. The van der Waals surface area contributed by atoms with Crippen LogP contribution in [0.3, 0.4) is 0 Å². The van der Waals surface area contributed by atoms with Crippen molar-refractivity contribution < 1.29 is 13.2 Å². The molecule has 1 heterocycles.